The Kier molecular flexibility index (Phi) is 5.81. The molecule has 2 aromatic rings. The van der Waals surface area contributed by atoms with Gasteiger partial charge in [0.2, 0.25) is 0 Å². The zero-order chi connectivity index (χ0) is 22.3. The molecule has 0 bridgehead atoms. The van der Waals surface area contributed by atoms with Crippen LogP contribution in [0.15, 0.2) is 36.4 Å². The van der Waals surface area contributed by atoms with E-state index in [0.29, 0.717) is 24.0 Å². The lowest BCUT2D eigenvalue weighted by Gasteiger charge is -2.44. The molecule has 6 heteroatoms. The maximum atomic E-state index is 11.7. The Balaban J connectivity index is 1.54. The predicted molar refractivity (Wildman–Crippen MR) is 127 cm³/mol. The summed E-state index contributed by atoms with van der Waals surface area (Å²) < 4.78 is 6.42. The van der Waals surface area contributed by atoms with Crippen LogP contribution in [0.1, 0.15) is 47.2 Å². The molecule has 1 aliphatic heterocycles. The summed E-state index contributed by atoms with van der Waals surface area (Å²) in [4.78, 5) is 14.1. The number of carboxylic acids is 1. The minimum Gasteiger partial charge on any atom is -0.490 e. The smallest absolute Gasteiger partial charge is 0.335 e. The van der Waals surface area contributed by atoms with Crippen LogP contribution in [0.4, 0.5) is 5.69 Å². The molecule has 170 valence electrons. The minimum atomic E-state index is -0.902. The first-order valence-electron chi connectivity index (χ1n) is 11.7. The van der Waals surface area contributed by atoms with E-state index in [0.717, 1.165) is 55.4 Å². The van der Waals surface area contributed by atoms with Crippen LogP contribution in [0.2, 0.25) is 5.02 Å². The van der Waals surface area contributed by atoms with E-state index in [9.17, 15) is 9.90 Å². The normalized spacial score (nSPS) is 26.5. The third-order valence-corrected chi connectivity index (χ3v) is 8.02. The molecule has 32 heavy (non-hydrogen) atoms. The Labute approximate surface area is 194 Å². The first-order chi connectivity index (χ1) is 15.5. The van der Waals surface area contributed by atoms with Gasteiger partial charge in [0, 0.05) is 23.5 Å². The average molecular weight is 455 g/mol. The molecule has 0 amide bonds. The zero-order valence-corrected chi connectivity index (χ0v) is 19.3. The van der Waals surface area contributed by atoms with E-state index in [-0.39, 0.29) is 5.41 Å². The van der Waals surface area contributed by atoms with E-state index in [4.69, 9.17) is 16.3 Å². The highest BCUT2D eigenvalue weighted by Gasteiger charge is 2.43. The van der Waals surface area contributed by atoms with E-state index >= 15 is 0 Å². The Morgan fingerprint density at radius 3 is 2.84 bits per heavy atom. The second-order valence-corrected chi connectivity index (χ2v) is 10.2. The van der Waals surface area contributed by atoms with E-state index < -0.39 is 5.97 Å². The lowest BCUT2D eigenvalue weighted by atomic mass is 9.69. The monoisotopic (exact) mass is 454 g/mol. The number of rotatable bonds is 5. The fourth-order valence-corrected chi connectivity index (χ4v) is 6.13. The Hall–Kier alpha value is -2.24. The summed E-state index contributed by atoms with van der Waals surface area (Å²) in [7, 11) is 2.02. The van der Waals surface area contributed by atoms with E-state index in [1.54, 1.807) is 12.1 Å². The van der Waals surface area contributed by atoms with Crippen molar-refractivity contribution < 1.29 is 14.6 Å². The van der Waals surface area contributed by atoms with Gasteiger partial charge in [0.05, 0.1) is 17.9 Å². The van der Waals surface area contributed by atoms with Gasteiger partial charge in [-0.1, -0.05) is 17.7 Å². The van der Waals surface area contributed by atoms with Gasteiger partial charge in [0.1, 0.15) is 5.75 Å². The fraction of sp³-hybridized carbons (Fsp3) is 0.500. The molecule has 1 heterocycles. The van der Waals surface area contributed by atoms with Crippen LogP contribution in [-0.4, -0.2) is 44.4 Å². The van der Waals surface area contributed by atoms with Crippen molar-refractivity contribution in [2.24, 2.45) is 11.8 Å². The van der Waals surface area contributed by atoms with Gasteiger partial charge in [-0.25, -0.2) is 4.79 Å². The van der Waals surface area contributed by atoms with Gasteiger partial charge in [0.25, 0.3) is 0 Å². The molecular formula is C26H31ClN2O3. The number of fused-ring (bicyclic) bond motifs is 3. The van der Waals surface area contributed by atoms with Crippen LogP contribution in [0.25, 0.3) is 0 Å². The third-order valence-electron chi connectivity index (χ3n) is 7.78. The molecule has 1 unspecified atom stereocenters. The summed E-state index contributed by atoms with van der Waals surface area (Å²) in [6.07, 6.45) is 5.68. The van der Waals surface area contributed by atoms with E-state index in [1.165, 1.54) is 24.0 Å². The highest BCUT2D eigenvalue weighted by Crippen LogP contribution is 2.46. The molecule has 1 saturated carbocycles. The lowest BCUT2D eigenvalue weighted by molar-refractivity contribution is 0.0697. The molecule has 0 radical (unpaired) electrons. The third kappa shape index (κ3) is 3.86. The van der Waals surface area contributed by atoms with Crippen LogP contribution in [0.5, 0.6) is 5.75 Å². The molecule has 1 fully saturated rings. The number of hydrogen-bond acceptors (Lipinski definition) is 4. The SMILES string of the molecule is CNC[C@@H]1CC[C@H]1CN1CC2(CCCc3cc(Cl)ccc32)COc2ccc(C(=O)O)cc21. The van der Waals surface area contributed by atoms with Crippen molar-refractivity contribution in [1.29, 1.82) is 0 Å². The topological polar surface area (TPSA) is 61.8 Å². The quantitative estimate of drug-likeness (QED) is 0.682. The Morgan fingerprint density at radius 2 is 2.09 bits per heavy atom. The predicted octanol–water partition coefficient (Wildman–Crippen LogP) is 4.76. The standard InChI is InChI=1S/C26H31ClN2O3/c1-28-13-19-4-5-20(19)14-29-15-26(10-2-3-17-11-21(27)7-8-22(17)26)16-32-24-9-6-18(25(30)31)12-23(24)29/h6-9,11-12,19-20,28H,2-5,10,13-16H2,1H3,(H,30,31)/t19-,20-,26?/m0/s1. The van der Waals surface area contributed by atoms with Crippen molar-refractivity contribution in [2.45, 2.75) is 37.5 Å². The second-order valence-electron chi connectivity index (χ2n) is 9.75. The van der Waals surface area contributed by atoms with Gasteiger partial charge in [-0.2, -0.15) is 0 Å². The first-order valence-corrected chi connectivity index (χ1v) is 12.1. The van der Waals surface area contributed by atoms with Gasteiger partial charge in [-0.3, -0.25) is 0 Å². The number of anilines is 1. The highest BCUT2D eigenvalue weighted by atomic mass is 35.5. The van der Waals surface area contributed by atoms with Crippen LogP contribution in [0, 0.1) is 11.8 Å². The van der Waals surface area contributed by atoms with Crippen LogP contribution in [0.3, 0.4) is 0 Å². The molecule has 5 rings (SSSR count). The number of aromatic carboxylic acids is 1. The van der Waals surface area contributed by atoms with Crippen molar-refractivity contribution in [3.05, 3.63) is 58.1 Å². The largest absolute Gasteiger partial charge is 0.490 e. The summed E-state index contributed by atoms with van der Waals surface area (Å²) >= 11 is 6.32. The number of carboxylic acid groups (broad SMARTS) is 1. The molecule has 2 aliphatic carbocycles. The van der Waals surface area contributed by atoms with Crippen molar-refractivity contribution in [1.82, 2.24) is 5.32 Å². The lowest BCUT2D eigenvalue weighted by Crippen LogP contribution is -2.49. The highest BCUT2D eigenvalue weighted by molar-refractivity contribution is 6.30. The maximum absolute atomic E-state index is 11.7. The number of hydrogen-bond donors (Lipinski definition) is 2. The summed E-state index contributed by atoms with van der Waals surface area (Å²) in [5, 5.41) is 13.7. The molecular weight excluding hydrogens is 424 g/mol. The summed E-state index contributed by atoms with van der Waals surface area (Å²) in [6, 6.07) is 11.6. The number of carbonyl (C=O) groups is 1. The molecule has 5 nitrogen and oxygen atoms in total. The maximum Gasteiger partial charge on any atom is 0.335 e. The zero-order valence-electron chi connectivity index (χ0n) is 18.6. The number of benzene rings is 2. The first kappa shape index (κ1) is 21.6. The van der Waals surface area contributed by atoms with E-state index in [1.807, 2.05) is 19.2 Å². The summed E-state index contributed by atoms with van der Waals surface area (Å²) in [5.41, 5.74) is 3.76. The molecule has 2 aromatic carbocycles. The van der Waals surface area contributed by atoms with Crippen molar-refractivity contribution >= 4 is 23.3 Å². The van der Waals surface area contributed by atoms with Crippen LogP contribution < -0.4 is 15.0 Å². The second kappa shape index (κ2) is 8.60. The van der Waals surface area contributed by atoms with Gasteiger partial charge < -0.3 is 20.1 Å². The molecule has 2 N–H and O–H groups in total. The Bertz CT molecular complexity index is 1030. The van der Waals surface area contributed by atoms with Gasteiger partial charge in [-0.15, -0.1) is 0 Å². The van der Waals surface area contributed by atoms with E-state index in [2.05, 4.69) is 22.3 Å². The average Bonchev–Trinajstić information content (AvgIpc) is 2.92. The number of halogens is 1. The van der Waals surface area contributed by atoms with Crippen molar-refractivity contribution in [3.63, 3.8) is 0 Å². The number of nitrogens with zero attached hydrogens (tertiary/aromatic N) is 1. The molecule has 0 aromatic heterocycles. The fourth-order valence-electron chi connectivity index (χ4n) is 5.94. The number of ether oxygens (including phenoxy) is 1. The molecule has 3 aliphatic rings. The van der Waals surface area contributed by atoms with Gasteiger partial charge in [-0.05, 0) is 99.0 Å². The van der Waals surface area contributed by atoms with Gasteiger partial charge >= 0.3 is 5.97 Å². The van der Waals surface area contributed by atoms with Gasteiger partial charge in [0.15, 0.2) is 0 Å². The molecule has 1 spiro atoms. The number of aryl methyl sites for hydroxylation is 1. The van der Waals surface area contributed by atoms with Crippen molar-refractivity contribution in [2.75, 3.05) is 38.2 Å². The summed E-state index contributed by atoms with van der Waals surface area (Å²) in [5.74, 6) is 1.16. The van der Waals surface area contributed by atoms with Crippen molar-refractivity contribution in [3.8, 4) is 5.75 Å². The minimum absolute atomic E-state index is 0.122. The number of nitrogens with one attached hydrogen (secondary N) is 1. The van der Waals surface area contributed by atoms with Crippen LogP contribution in [-0.2, 0) is 11.8 Å². The van der Waals surface area contributed by atoms with Crippen LogP contribution >= 0.6 is 11.6 Å². The molecule has 3 atom stereocenters. The summed E-state index contributed by atoms with van der Waals surface area (Å²) in [6.45, 7) is 3.39. The Morgan fingerprint density at radius 1 is 1.25 bits per heavy atom. The molecule has 0 saturated heterocycles.